The number of methoxy groups -OCH3 is 2. The van der Waals surface area contributed by atoms with Crippen LogP contribution in [0.25, 0.3) is 0 Å². The summed E-state index contributed by atoms with van der Waals surface area (Å²) in [4.78, 5) is 15.5. The Bertz CT molecular complexity index is 927. The number of carbonyl (C=O) groups is 1. The number of rotatable bonds is 3. The van der Waals surface area contributed by atoms with Gasteiger partial charge in [0.15, 0.2) is 0 Å². The van der Waals surface area contributed by atoms with E-state index < -0.39 is 0 Å². The lowest BCUT2D eigenvalue weighted by molar-refractivity contribution is -0.137. The van der Waals surface area contributed by atoms with Crippen molar-refractivity contribution in [3.8, 4) is 5.75 Å². The second kappa shape index (κ2) is 5.30. The van der Waals surface area contributed by atoms with E-state index in [4.69, 9.17) is 14.2 Å². The molecule has 0 bridgehead atoms. The summed E-state index contributed by atoms with van der Waals surface area (Å²) in [6.45, 7) is 4.29. The topological polar surface area (TPSA) is 63.3 Å². The minimum absolute atomic E-state index is 0.0460. The van der Waals surface area contributed by atoms with Crippen LogP contribution in [0.4, 0.5) is 5.69 Å². The molecule has 6 nitrogen and oxygen atoms in total. The van der Waals surface area contributed by atoms with E-state index in [0.717, 1.165) is 48.6 Å². The molecule has 2 unspecified atom stereocenters. The van der Waals surface area contributed by atoms with Crippen LogP contribution in [0.15, 0.2) is 29.5 Å². The van der Waals surface area contributed by atoms with Crippen molar-refractivity contribution in [2.45, 2.75) is 49.9 Å². The maximum atomic E-state index is 12.9. The average molecular weight is 382 g/mol. The maximum Gasteiger partial charge on any atom is 0.335 e. The molecule has 1 N–H and O–H groups in total. The first kappa shape index (κ1) is 16.9. The van der Waals surface area contributed by atoms with Gasteiger partial charge in [0.25, 0.3) is 0 Å². The van der Waals surface area contributed by atoms with Gasteiger partial charge < -0.3 is 19.5 Å². The molecule has 5 aliphatic rings. The number of carbonyl (C=O) groups excluding carboxylic acids is 1. The number of benzene rings is 1. The van der Waals surface area contributed by atoms with E-state index in [9.17, 15) is 4.79 Å². The van der Waals surface area contributed by atoms with Gasteiger partial charge in [-0.15, -0.1) is 0 Å². The van der Waals surface area contributed by atoms with Crippen LogP contribution in [-0.2, 0) is 19.7 Å². The molecule has 0 saturated carbocycles. The van der Waals surface area contributed by atoms with E-state index in [-0.39, 0.29) is 22.9 Å². The summed E-state index contributed by atoms with van der Waals surface area (Å²) in [5.74, 6) is 0.613. The highest BCUT2D eigenvalue weighted by atomic mass is 16.6. The summed E-state index contributed by atoms with van der Waals surface area (Å²) in [6.07, 6.45) is 3.29. The van der Waals surface area contributed by atoms with Crippen LogP contribution in [0.5, 0.6) is 5.75 Å². The second-order valence-electron chi connectivity index (χ2n) is 8.86. The number of nitrogens with zero attached hydrogens (tertiary/aromatic N) is 1. The molecule has 1 aliphatic carbocycles. The Morgan fingerprint density at radius 3 is 3.00 bits per heavy atom. The molecule has 1 aromatic carbocycles. The van der Waals surface area contributed by atoms with Crippen molar-refractivity contribution in [3.63, 3.8) is 0 Å². The smallest absolute Gasteiger partial charge is 0.335 e. The average Bonchev–Trinajstić information content (AvgIpc) is 3.31. The van der Waals surface area contributed by atoms with Crippen molar-refractivity contribution < 1.29 is 19.0 Å². The predicted molar refractivity (Wildman–Crippen MR) is 103 cm³/mol. The number of fused-ring (bicyclic) bond motifs is 3. The summed E-state index contributed by atoms with van der Waals surface area (Å²) in [5.41, 5.74) is 3.95. The van der Waals surface area contributed by atoms with Crippen molar-refractivity contribution in [1.82, 2.24) is 4.90 Å². The zero-order valence-electron chi connectivity index (χ0n) is 16.6. The molecule has 4 aliphatic heterocycles. The lowest BCUT2D eigenvalue weighted by Crippen LogP contribution is -2.63. The van der Waals surface area contributed by atoms with Gasteiger partial charge in [0.1, 0.15) is 5.75 Å². The van der Waals surface area contributed by atoms with E-state index in [0.29, 0.717) is 18.6 Å². The first-order valence-corrected chi connectivity index (χ1v) is 10.3. The fraction of sp³-hybridized carbons (Fsp3) is 0.591. The van der Waals surface area contributed by atoms with Gasteiger partial charge in [-0.1, -0.05) is 13.0 Å². The number of anilines is 1. The van der Waals surface area contributed by atoms with Crippen LogP contribution in [0.1, 0.15) is 31.7 Å². The molecule has 0 amide bonds. The minimum Gasteiger partial charge on any atom is -0.497 e. The third kappa shape index (κ3) is 1.75. The Morgan fingerprint density at radius 1 is 1.39 bits per heavy atom. The standard InChI is InChI=1S/C22H26N2O4/c1-4-21-10-13(19(25)27-3)17-22(14-6-5-12(26-2)9-15(14)23-17)7-8-24(20(21)22)11-16-18(21)28-16/h5-6,9,16,18,20,23H,4,7-8,10-11H2,1-3H3/t16?,18?,20-,21+,22-/m0/s1. The lowest BCUT2D eigenvalue weighted by atomic mass is 9.53. The molecular formula is C22H26N2O4. The zero-order chi connectivity index (χ0) is 19.3. The molecule has 0 aromatic heterocycles. The number of hydrogen-bond donors (Lipinski definition) is 1. The molecule has 1 spiro atoms. The molecule has 0 radical (unpaired) electrons. The van der Waals surface area contributed by atoms with Gasteiger partial charge in [0.2, 0.25) is 0 Å². The highest BCUT2D eigenvalue weighted by Gasteiger charge is 2.73. The zero-order valence-corrected chi connectivity index (χ0v) is 16.6. The number of esters is 1. The maximum absolute atomic E-state index is 12.9. The third-order valence-corrected chi connectivity index (χ3v) is 8.04. The SMILES string of the molecule is CC[C@@]12CC(C(=O)OC)=C3Nc4cc(OC)ccc4[C@@]34CCN(CC3OC31)[C@@H]24. The van der Waals surface area contributed by atoms with Gasteiger partial charge >= 0.3 is 5.97 Å². The van der Waals surface area contributed by atoms with E-state index in [1.165, 1.54) is 12.7 Å². The molecule has 4 heterocycles. The van der Waals surface area contributed by atoms with Crippen LogP contribution in [-0.4, -0.2) is 56.4 Å². The van der Waals surface area contributed by atoms with Crippen LogP contribution in [0, 0.1) is 5.41 Å². The Hall–Kier alpha value is -2.05. The number of piperidine rings is 1. The van der Waals surface area contributed by atoms with Crippen molar-refractivity contribution in [1.29, 1.82) is 0 Å². The van der Waals surface area contributed by atoms with Crippen LogP contribution in [0.3, 0.4) is 0 Å². The lowest BCUT2D eigenvalue weighted by Gasteiger charge is -2.54. The molecule has 5 atom stereocenters. The fourth-order valence-electron chi connectivity index (χ4n) is 6.97. The molecule has 3 fully saturated rings. The Labute approximate surface area is 164 Å². The van der Waals surface area contributed by atoms with E-state index >= 15 is 0 Å². The van der Waals surface area contributed by atoms with E-state index in [1.54, 1.807) is 7.11 Å². The first-order chi connectivity index (χ1) is 13.6. The van der Waals surface area contributed by atoms with E-state index in [1.807, 2.05) is 6.07 Å². The summed E-state index contributed by atoms with van der Waals surface area (Å²) >= 11 is 0. The molecule has 28 heavy (non-hydrogen) atoms. The van der Waals surface area contributed by atoms with Crippen molar-refractivity contribution in [2.24, 2.45) is 5.41 Å². The monoisotopic (exact) mass is 382 g/mol. The van der Waals surface area contributed by atoms with Gasteiger partial charge in [-0.3, -0.25) is 4.90 Å². The summed E-state index contributed by atoms with van der Waals surface area (Å²) < 4.78 is 16.9. The third-order valence-electron chi connectivity index (χ3n) is 8.04. The van der Waals surface area contributed by atoms with Crippen LogP contribution in [0.2, 0.25) is 0 Å². The second-order valence-corrected chi connectivity index (χ2v) is 8.86. The summed E-state index contributed by atoms with van der Waals surface area (Å²) in [7, 11) is 3.17. The van der Waals surface area contributed by atoms with Crippen molar-refractivity contribution in [3.05, 3.63) is 35.0 Å². The largest absolute Gasteiger partial charge is 0.497 e. The quantitative estimate of drug-likeness (QED) is 0.640. The van der Waals surface area contributed by atoms with Crippen molar-refractivity contribution in [2.75, 3.05) is 32.6 Å². The van der Waals surface area contributed by atoms with Crippen molar-refractivity contribution >= 4 is 11.7 Å². The molecule has 1 aromatic rings. The number of hydrogen-bond acceptors (Lipinski definition) is 6. The number of nitrogens with one attached hydrogen (secondary N) is 1. The van der Waals surface area contributed by atoms with Gasteiger partial charge in [0.05, 0.1) is 37.4 Å². The molecule has 3 saturated heterocycles. The predicted octanol–water partition coefficient (Wildman–Crippen LogP) is 2.44. The Balaban J connectivity index is 1.63. The number of epoxide rings is 1. The summed E-state index contributed by atoms with van der Waals surface area (Å²) in [6, 6.07) is 6.64. The van der Waals surface area contributed by atoms with Gasteiger partial charge in [-0.05, 0) is 37.4 Å². The molecule has 148 valence electrons. The fourth-order valence-corrected chi connectivity index (χ4v) is 6.97. The Kier molecular flexibility index (Phi) is 3.19. The van der Waals surface area contributed by atoms with Gasteiger partial charge in [-0.2, -0.15) is 0 Å². The molecule has 6 rings (SSSR count). The van der Waals surface area contributed by atoms with E-state index in [2.05, 4.69) is 29.3 Å². The Morgan fingerprint density at radius 2 is 2.25 bits per heavy atom. The first-order valence-electron chi connectivity index (χ1n) is 10.3. The molecule has 6 heteroatoms. The molecular weight excluding hydrogens is 356 g/mol. The van der Waals surface area contributed by atoms with Gasteiger partial charge in [-0.25, -0.2) is 4.79 Å². The highest BCUT2D eigenvalue weighted by Crippen LogP contribution is 2.68. The van der Waals surface area contributed by atoms with Gasteiger partial charge in [0, 0.05) is 35.5 Å². The number of ether oxygens (including phenoxy) is 3. The van der Waals surface area contributed by atoms with Crippen LogP contribution >= 0.6 is 0 Å². The normalized spacial score (nSPS) is 39.5. The van der Waals surface area contributed by atoms with Crippen LogP contribution < -0.4 is 10.1 Å². The minimum atomic E-state index is -0.214. The highest BCUT2D eigenvalue weighted by molar-refractivity contribution is 5.93. The summed E-state index contributed by atoms with van der Waals surface area (Å²) in [5, 5.41) is 3.63.